The molecule has 1 aromatic rings. The van der Waals surface area contributed by atoms with Crippen LogP contribution in [-0.4, -0.2) is 28.9 Å². The molecule has 5 heteroatoms. The predicted molar refractivity (Wildman–Crippen MR) is 85.9 cm³/mol. The number of rotatable bonds is 5. The fraction of sp³-hybridized carbons (Fsp3) is 0.533. The van der Waals surface area contributed by atoms with Crippen LogP contribution in [0.4, 0.5) is 0 Å². The number of hydrogen-bond donors (Lipinski definition) is 2. The molecule has 1 aromatic carbocycles. The molecule has 1 fully saturated rings. The molecule has 1 amide bonds. The van der Waals surface area contributed by atoms with Crippen molar-refractivity contribution < 1.29 is 9.90 Å². The Hall–Kier alpha value is -0.520. The first-order chi connectivity index (χ1) is 9.63. The monoisotopic (exact) mass is 357 g/mol. The summed E-state index contributed by atoms with van der Waals surface area (Å²) >= 11 is 4.91. The highest BCUT2D eigenvalue weighted by Gasteiger charge is 2.32. The molecule has 2 rings (SSSR count). The molecule has 0 aromatic heterocycles. The normalized spacial score (nSPS) is 17.7. The molecule has 0 aliphatic heterocycles. The number of hydrogen-bond acceptors (Lipinski definition) is 3. The molecule has 2 N–H and O–H groups in total. The Labute approximate surface area is 132 Å². The summed E-state index contributed by atoms with van der Waals surface area (Å²) in [6.45, 7) is 0.0433. The van der Waals surface area contributed by atoms with Crippen LogP contribution in [0.5, 0.6) is 0 Å². The molecule has 0 radical (unpaired) electrons. The van der Waals surface area contributed by atoms with Crippen LogP contribution < -0.4 is 5.32 Å². The van der Waals surface area contributed by atoms with Crippen molar-refractivity contribution in [1.29, 1.82) is 0 Å². The third-order valence-electron chi connectivity index (χ3n) is 3.70. The van der Waals surface area contributed by atoms with E-state index in [1.165, 1.54) is 18.2 Å². The van der Waals surface area contributed by atoms with Gasteiger partial charge in [-0.1, -0.05) is 35.2 Å². The largest absolute Gasteiger partial charge is 0.394 e. The van der Waals surface area contributed by atoms with E-state index in [1.54, 1.807) is 0 Å². The van der Waals surface area contributed by atoms with Crippen molar-refractivity contribution >= 4 is 33.6 Å². The van der Waals surface area contributed by atoms with E-state index in [0.29, 0.717) is 5.75 Å². The van der Waals surface area contributed by atoms with Gasteiger partial charge in [0.25, 0.3) is 0 Å². The van der Waals surface area contributed by atoms with Crippen LogP contribution in [0.2, 0.25) is 0 Å². The number of thioether (sulfide) groups is 1. The van der Waals surface area contributed by atoms with Crippen LogP contribution in [0.1, 0.15) is 32.1 Å². The lowest BCUT2D eigenvalue weighted by atomic mass is 9.82. The van der Waals surface area contributed by atoms with Crippen molar-refractivity contribution in [1.82, 2.24) is 5.32 Å². The minimum atomic E-state index is -0.379. The molecule has 0 saturated heterocycles. The Morgan fingerprint density at radius 2 is 1.90 bits per heavy atom. The number of halogens is 1. The highest BCUT2D eigenvalue weighted by atomic mass is 79.9. The fourth-order valence-corrected chi connectivity index (χ4v) is 3.53. The lowest BCUT2D eigenvalue weighted by molar-refractivity contribution is -0.121. The lowest BCUT2D eigenvalue weighted by Gasteiger charge is -2.36. The third-order valence-corrected chi connectivity index (χ3v) is 5.24. The molecule has 0 unspecified atom stereocenters. The first-order valence-corrected chi connectivity index (χ1v) is 8.72. The van der Waals surface area contributed by atoms with Gasteiger partial charge < -0.3 is 10.4 Å². The van der Waals surface area contributed by atoms with Gasteiger partial charge in [0.2, 0.25) is 5.91 Å². The van der Waals surface area contributed by atoms with Gasteiger partial charge in [-0.05, 0) is 37.1 Å². The second kappa shape index (κ2) is 7.48. The topological polar surface area (TPSA) is 49.3 Å². The van der Waals surface area contributed by atoms with Crippen LogP contribution in [0.25, 0.3) is 0 Å². The molecule has 1 aliphatic rings. The second-order valence-corrected chi connectivity index (χ2v) is 7.25. The standard InChI is InChI=1S/C15H20BrNO2S/c16-12-4-6-13(7-5-12)20-10-14(19)17-15(11-18)8-2-1-3-9-15/h4-7,18H,1-3,8-11H2,(H,17,19). The van der Waals surface area contributed by atoms with E-state index in [9.17, 15) is 9.90 Å². The number of aliphatic hydroxyl groups is 1. The number of carbonyl (C=O) groups is 1. The van der Waals surface area contributed by atoms with Gasteiger partial charge in [0.15, 0.2) is 0 Å². The molecular formula is C15H20BrNO2S. The smallest absolute Gasteiger partial charge is 0.230 e. The van der Waals surface area contributed by atoms with Gasteiger partial charge in [-0.15, -0.1) is 11.8 Å². The predicted octanol–water partition coefficient (Wildman–Crippen LogP) is 3.35. The molecule has 110 valence electrons. The van der Waals surface area contributed by atoms with Crippen LogP contribution in [0.3, 0.4) is 0 Å². The average molecular weight is 358 g/mol. The lowest BCUT2D eigenvalue weighted by Crippen LogP contribution is -2.53. The highest BCUT2D eigenvalue weighted by molar-refractivity contribution is 9.10. The van der Waals surface area contributed by atoms with Crippen molar-refractivity contribution in [3.05, 3.63) is 28.7 Å². The Bertz CT molecular complexity index is 444. The first kappa shape index (κ1) is 15.9. The SMILES string of the molecule is O=C(CSc1ccc(Br)cc1)NC1(CO)CCCCC1. The summed E-state index contributed by atoms with van der Waals surface area (Å²) in [5.74, 6) is 0.400. The highest BCUT2D eigenvalue weighted by Crippen LogP contribution is 2.28. The van der Waals surface area contributed by atoms with Crippen LogP contribution in [0.15, 0.2) is 33.6 Å². The zero-order valence-corrected chi connectivity index (χ0v) is 13.8. The van der Waals surface area contributed by atoms with Crippen molar-refractivity contribution in [2.24, 2.45) is 0 Å². The van der Waals surface area contributed by atoms with E-state index in [4.69, 9.17) is 0 Å². The maximum Gasteiger partial charge on any atom is 0.230 e. The molecule has 3 nitrogen and oxygen atoms in total. The average Bonchev–Trinajstić information content (AvgIpc) is 2.47. The van der Waals surface area contributed by atoms with Gasteiger partial charge in [-0.25, -0.2) is 0 Å². The summed E-state index contributed by atoms with van der Waals surface area (Å²) in [6, 6.07) is 7.92. The summed E-state index contributed by atoms with van der Waals surface area (Å²) in [5, 5.41) is 12.6. The molecule has 0 heterocycles. The van der Waals surface area contributed by atoms with E-state index in [-0.39, 0.29) is 18.1 Å². The van der Waals surface area contributed by atoms with Gasteiger partial charge >= 0.3 is 0 Å². The molecule has 20 heavy (non-hydrogen) atoms. The first-order valence-electron chi connectivity index (χ1n) is 6.94. The minimum absolute atomic E-state index is 0.00821. The molecular weight excluding hydrogens is 338 g/mol. The summed E-state index contributed by atoms with van der Waals surface area (Å²) in [4.78, 5) is 13.1. The van der Waals surface area contributed by atoms with Crippen molar-refractivity contribution in [2.45, 2.75) is 42.5 Å². The maximum atomic E-state index is 12.1. The van der Waals surface area contributed by atoms with Gasteiger partial charge in [-0.2, -0.15) is 0 Å². The van der Waals surface area contributed by atoms with Crippen LogP contribution in [-0.2, 0) is 4.79 Å². The Balaban J connectivity index is 1.83. The van der Waals surface area contributed by atoms with Gasteiger partial charge in [0.1, 0.15) is 0 Å². The van der Waals surface area contributed by atoms with Gasteiger partial charge in [0.05, 0.1) is 17.9 Å². The quantitative estimate of drug-likeness (QED) is 0.794. The molecule has 0 atom stereocenters. The van der Waals surface area contributed by atoms with Crippen molar-refractivity contribution in [3.63, 3.8) is 0 Å². The molecule has 0 bridgehead atoms. The van der Waals surface area contributed by atoms with E-state index in [1.807, 2.05) is 24.3 Å². The van der Waals surface area contributed by atoms with Gasteiger partial charge in [0, 0.05) is 9.37 Å². The molecule has 1 aliphatic carbocycles. The summed E-state index contributed by atoms with van der Waals surface area (Å²) in [7, 11) is 0. The zero-order valence-electron chi connectivity index (χ0n) is 11.4. The Kier molecular flexibility index (Phi) is 5.93. The fourth-order valence-electron chi connectivity index (χ4n) is 2.56. The summed E-state index contributed by atoms with van der Waals surface area (Å²) in [5.41, 5.74) is -0.379. The maximum absolute atomic E-state index is 12.1. The summed E-state index contributed by atoms with van der Waals surface area (Å²) in [6.07, 6.45) is 5.14. The number of benzene rings is 1. The number of amides is 1. The number of aliphatic hydroxyl groups excluding tert-OH is 1. The minimum Gasteiger partial charge on any atom is -0.394 e. The third kappa shape index (κ3) is 4.50. The van der Waals surface area contributed by atoms with Crippen molar-refractivity contribution in [2.75, 3.05) is 12.4 Å². The Morgan fingerprint density at radius 3 is 2.50 bits per heavy atom. The number of nitrogens with one attached hydrogen (secondary N) is 1. The van der Waals surface area contributed by atoms with Gasteiger partial charge in [-0.3, -0.25) is 4.79 Å². The molecule has 0 spiro atoms. The molecule has 1 saturated carbocycles. The van der Waals surface area contributed by atoms with Crippen LogP contribution >= 0.6 is 27.7 Å². The van der Waals surface area contributed by atoms with E-state index >= 15 is 0 Å². The summed E-state index contributed by atoms with van der Waals surface area (Å²) < 4.78 is 1.03. The number of carbonyl (C=O) groups excluding carboxylic acids is 1. The van der Waals surface area contributed by atoms with E-state index < -0.39 is 0 Å². The van der Waals surface area contributed by atoms with E-state index in [0.717, 1.165) is 35.1 Å². The second-order valence-electron chi connectivity index (χ2n) is 5.29. The van der Waals surface area contributed by atoms with Crippen molar-refractivity contribution in [3.8, 4) is 0 Å². The van der Waals surface area contributed by atoms with E-state index in [2.05, 4.69) is 21.2 Å². The van der Waals surface area contributed by atoms with Crippen LogP contribution in [0, 0.1) is 0 Å². The zero-order chi connectivity index (χ0) is 14.4. The Morgan fingerprint density at radius 1 is 1.25 bits per heavy atom.